The van der Waals surface area contributed by atoms with Crippen molar-refractivity contribution < 1.29 is 14.3 Å². The van der Waals surface area contributed by atoms with Crippen LogP contribution in [0.15, 0.2) is 42.5 Å². The van der Waals surface area contributed by atoms with E-state index in [-0.39, 0.29) is 17.8 Å². The summed E-state index contributed by atoms with van der Waals surface area (Å²) in [5.74, 6) is -0.509. The third kappa shape index (κ3) is 3.70. The first-order chi connectivity index (χ1) is 10.1. The van der Waals surface area contributed by atoms with Crippen molar-refractivity contribution in [2.45, 2.75) is 6.54 Å². The van der Waals surface area contributed by atoms with Crippen LogP contribution in [-0.4, -0.2) is 11.2 Å². The summed E-state index contributed by atoms with van der Waals surface area (Å²) in [5.41, 5.74) is 1.72. The van der Waals surface area contributed by atoms with Gasteiger partial charge >= 0.3 is 6.09 Å². The molecule has 21 heavy (non-hydrogen) atoms. The van der Waals surface area contributed by atoms with Crippen molar-refractivity contribution in [1.82, 2.24) is 5.32 Å². The van der Waals surface area contributed by atoms with E-state index in [0.717, 1.165) is 5.56 Å². The first-order valence-electron chi connectivity index (χ1n) is 6.11. The highest BCUT2D eigenvalue weighted by molar-refractivity contribution is 5.67. The van der Waals surface area contributed by atoms with Crippen molar-refractivity contribution in [3.8, 4) is 6.07 Å². The standard InChI is InChI=1S/C15H12FN3O2/c16-13-3-1-2-11(8-17)14(13)19-12-6-4-10(5-7-12)9-18-15(20)21/h1-7,18-19H,9H2,(H,20,21). The van der Waals surface area contributed by atoms with Crippen LogP contribution >= 0.6 is 0 Å². The van der Waals surface area contributed by atoms with Crippen molar-refractivity contribution in [3.05, 3.63) is 59.4 Å². The van der Waals surface area contributed by atoms with Crippen LogP contribution in [0.4, 0.5) is 20.6 Å². The molecule has 2 aromatic carbocycles. The number of nitrogens with one attached hydrogen (secondary N) is 2. The maximum Gasteiger partial charge on any atom is 0.404 e. The van der Waals surface area contributed by atoms with Crippen molar-refractivity contribution in [2.75, 3.05) is 5.32 Å². The number of nitriles is 1. The van der Waals surface area contributed by atoms with Gasteiger partial charge in [-0.25, -0.2) is 9.18 Å². The van der Waals surface area contributed by atoms with Gasteiger partial charge in [-0.05, 0) is 29.8 Å². The molecule has 0 unspecified atom stereocenters. The van der Waals surface area contributed by atoms with E-state index in [1.807, 2.05) is 6.07 Å². The maximum absolute atomic E-state index is 13.7. The van der Waals surface area contributed by atoms with Gasteiger partial charge in [0.05, 0.1) is 11.3 Å². The molecule has 0 saturated carbocycles. The summed E-state index contributed by atoms with van der Waals surface area (Å²) < 4.78 is 13.7. The van der Waals surface area contributed by atoms with Crippen LogP contribution in [0, 0.1) is 17.1 Å². The maximum atomic E-state index is 13.7. The van der Waals surface area contributed by atoms with Crippen LogP contribution in [0.2, 0.25) is 0 Å². The minimum atomic E-state index is -1.10. The molecule has 3 N–H and O–H groups in total. The molecule has 0 fully saturated rings. The Balaban J connectivity index is 2.14. The second-order valence-corrected chi connectivity index (χ2v) is 4.25. The smallest absolute Gasteiger partial charge is 0.404 e. The summed E-state index contributed by atoms with van der Waals surface area (Å²) in [6.07, 6.45) is -1.10. The molecule has 0 aliphatic heterocycles. The summed E-state index contributed by atoms with van der Waals surface area (Å²) in [7, 11) is 0. The number of rotatable bonds is 4. The first kappa shape index (κ1) is 14.3. The van der Waals surface area contributed by atoms with Crippen molar-refractivity contribution in [2.24, 2.45) is 0 Å². The molecule has 5 nitrogen and oxygen atoms in total. The van der Waals surface area contributed by atoms with Gasteiger partial charge < -0.3 is 15.7 Å². The summed E-state index contributed by atoms with van der Waals surface area (Å²) in [5, 5.41) is 22.6. The van der Waals surface area contributed by atoms with Crippen molar-refractivity contribution >= 4 is 17.5 Å². The first-order valence-corrected chi connectivity index (χ1v) is 6.11. The fourth-order valence-electron chi connectivity index (χ4n) is 1.77. The van der Waals surface area contributed by atoms with Gasteiger partial charge in [-0.2, -0.15) is 5.26 Å². The summed E-state index contributed by atoms with van der Waals surface area (Å²) in [4.78, 5) is 10.4. The predicted octanol–water partition coefficient (Wildman–Crippen LogP) is 3.21. The zero-order valence-electron chi connectivity index (χ0n) is 10.9. The molecule has 0 spiro atoms. The molecule has 0 aliphatic rings. The molecule has 106 valence electrons. The van der Waals surface area contributed by atoms with Crippen molar-refractivity contribution in [1.29, 1.82) is 5.26 Å². The highest BCUT2D eigenvalue weighted by Crippen LogP contribution is 2.24. The van der Waals surface area contributed by atoms with E-state index in [2.05, 4.69) is 10.6 Å². The third-order valence-electron chi connectivity index (χ3n) is 2.80. The molecule has 2 rings (SSSR count). The summed E-state index contributed by atoms with van der Waals surface area (Å²) >= 11 is 0. The molecule has 0 atom stereocenters. The number of nitrogens with zero attached hydrogens (tertiary/aromatic N) is 1. The molecular formula is C15H12FN3O2. The highest BCUT2D eigenvalue weighted by Gasteiger charge is 2.08. The van der Waals surface area contributed by atoms with E-state index in [9.17, 15) is 9.18 Å². The monoisotopic (exact) mass is 285 g/mol. The van der Waals surface area contributed by atoms with E-state index < -0.39 is 11.9 Å². The molecule has 0 heterocycles. The Hall–Kier alpha value is -3.07. The molecule has 1 amide bonds. The van der Waals surface area contributed by atoms with E-state index in [1.54, 1.807) is 24.3 Å². The van der Waals surface area contributed by atoms with Crippen LogP contribution in [0.5, 0.6) is 0 Å². The number of benzene rings is 2. The lowest BCUT2D eigenvalue weighted by Crippen LogP contribution is -2.19. The predicted molar refractivity (Wildman–Crippen MR) is 75.7 cm³/mol. The van der Waals surface area contributed by atoms with Gasteiger partial charge in [0.25, 0.3) is 0 Å². The average Bonchev–Trinajstić information content (AvgIpc) is 2.48. The number of carbonyl (C=O) groups is 1. The minimum absolute atomic E-state index is 0.122. The molecule has 0 radical (unpaired) electrons. The lowest BCUT2D eigenvalue weighted by Gasteiger charge is -2.10. The van der Waals surface area contributed by atoms with Crippen molar-refractivity contribution in [3.63, 3.8) is 0 Å². The van der Waals surface area contributed by atoms with Crippen LogP contribution in [0.3, 0.4) is 0 Å². The summed E-state index contributed by atoms with van der Waals surface area (Å²) in [6.45, 7) is 0.193. The lowest BCUT2D eigenvalue weighted by atomic mass is 10.1. The Bertz CT molecular complexity index is 693. The topological polar surface area (TPSA) is 85.2 Å². The normalized spacial score (nSPS) is 9.71. The fraction of sp³-hybridized carbons (Fsp3) is 0.0667. The number of anilines is 2. The lowest BCUT2D eigenvalue weighted by molar-refractivity contribution is 0.194. The molecule has 0 bridgehead atoms. The van der Waals surface area contributed by atoms with Crippen LogP contribution < -0.4 is 10.6 Å². The van der Waals surface area contributed by atoms with Crippen LogP contribution in [0.25, 0.3) is 0 Å². The zero-order chi connectivity index (χ0) is 15.2. The largest absolute Gasteiger partial charge is 0.465 e. The molecule has 2 aromatic rings. The average molecular weight is 285 g/mol. The number of hydrogen-bond donors (Lipinski definition) is 3. The molecule has 0 aliphatic carbocycles. The Morgan fingerprint density at radius 3 is 2.57 bits per heavy atom. The molecule has 0 aromatic heterocycles. The number of halogens is 1. The summed E-state index contributed by atoms with van der Waals surface area (Å²) in [6, 6.07) is 13.0. The van der Waals surface area contributed by atoms with Gasteiger partial charge in [0.15, 0.2) is 0 Å². The highest BCUT2D eigenvalue weighted by atomic mass is 19.1. The Morgan fingerprint density at radius 2 is 1.95 bits per heavy atom. The van der Waals surface area contributed by atoms with Gasteiger partial charge in [0, 0.05) is 12.2 Å². The Labute approximate surface area is 120 Å². The van der Waals surface area contributed by atoms with Gasteiger partial charge in [-0.15, -0.1) is 0 Å². The second kappa shape index (κ2) is 6.39. The van der Waals surface area contributed by atoms with E-state index in [0.29, 0.717) is 5.69 Å². The fourth-order valence-corrected chi connectivity index (χ4v) is 1.77. The molecule has 0 saturated heterocycles. The molecular weight excluding hydrogens is 273 g/mol. The zero-order valence-corrected chi connectivity index (χ0v) is 10.9. The minimum Gasteiger partial charge on any atom is -0.465 e. The quantitative estimate of drug-likeness (QED) is 0.805. The van der Waals surface area contributed by atoms with Crippen LogP contribution in [0.1, 0.15) is 11.1 Å². The number of hydrogen-bond acceptors (Lipinski definition) is 3. The second-order valence-electron chi connectivity index (χ2n) is 4.25. The van der Waals surface area contributed by atoms with Crippen LogP contribution in [-0.2, 0) is 6.54 Å². The van der Waals surface area contributed by atoms with E-state index >= 15 is 0 Å². The third-order valence-corrected chi connectivity index (χ3v) is 2.80. The van der Waals surface area contributed by atoms with Gasteiger partial charge in [-0.1, -0.05) is 18.2 Å². The SMILES string of the molecule is N#Cc1cccc(F)c1Nc1ccc(CNC(=O)O)cc1. The number of carboxylic acid groups (broad SMARTS) is 1. The van der Waals surface area contributed by atoms with Gasteiger partial charge in [0.1, 0.15) is 11.9 Å². The van der Waals surface area contributed by atoms with E-state index in [1.165, 1.54) is 18.2 Å². The van der Waals surface area contributed by atoms with E-state index in [4.69, 9.17) is 10.4 Å². The Morgan fingerprint density at radius 1 is 1.24 bits per heavy atom. The number of amides is 1. The Kier molecular flexibility index (Phi) is 4.36. The number of para-hydroxylation sites is 1. The van der Waals surface area contributed by atoms with Gasteiger partial charge in [-0.3, -0.25) is 0 Å². The molecule has 6 heteroatoms. The van der Waals surface area contributed by atoms with Gasteiger partial charge in [0.2, 0.25) is 0 Å².